The van der Waals surface area contributed by atoms with Crippen molar-refractivity contribution in [1.82, 2.24) is 4.72 Å². The summed E-state index contributed by atoms with van der Waals surface area (Å²) in [4.78, 5) is 24.3. The third-order valence-corrected chi connectivity index (χ3v) is 6.13. The maximum atomic E-state index is 12.3. The van der Waals surface area contributed by atoms with E-state index in [-0.39, 0.29) is 10.7 Å². The lowest BCUT2D eigenvalue weighted by Crippen LogP contribution is -2.34. The van der Waals surface area contributed by atoms with Gasteiger partial charge in [0.2, 0.25) is 0 Å². The summed E-state index contributed by atoms with van der Waals surface area (Å²) in [6, 6.07) is 15.3. The highest BCUT2D eigenvalue weighted by atomic mass is 35.5. The molecule has 0 aromatic heterocycles. The number of rotatable bonds is 6. The Hall–Kier alpha value is -2.84. The smallest absolute Gasteiger partial charge is 0.307 e. The molecule has 10 heteroatoms. The van der Waals surface area contributed by atoms with Crippen LogP contribution in [-0.4, -0.2) is 20.2 Å². The van der Waals surface area contributed by atoms with Crippen LogP contribution in [0.1, 0.15) is 15.9 Å². The van der Waals surface area contributed by atoms with E-state index in [9.17, 15) is 18.0 Å². The van der Waals surface area contributed by atoms with Crippen molar-refractivity contribution in [3.63, 3.8) is 0 Å². The van der Waals surface area contributed by atoms with Gasteiger partial charge in [-0.3, -0.25) is 4.79 Å². The molecule has 0 saturated heterocycles. The number of ketones is 1. The van der Waals surface area contributed by atoms with E-state index < -0.39 is 16.1 Å². The highest BCUT2D eigenvalue weighted by Gasteiger charge is 2.17. The molecule has 0 radical (unpaired) electrons. The molecule has 3 rings (SSSR count). The van der Waals surface area contributed by atoms with Gasteiger partial charge in [-0.25, -0.2) is 17.9 Å². The van der Waals surface area contributed by atoms with Crippen LogP contribution in [0, 0.1) is 0 Å². The van der Waals surface area contributed by atoms with Gasteiger partial charge in [-0.1, -0.05) is 40.9 Å². The van der Waals surface area contributed by atoms with Crippen molar-refractivity contribution in [2.24, 2.45) is 0 Å². The average molecular weight is 510 g/mol. The van der Waals surface area contributed by atoms with E-state index in [1.807, 2.05) is 4.72 Å². The lowest BCUT2D eigenvalue weighted by atomic mass is 10.1. The number of anilines is 1. The van der Waals surface area contributed by atoms with Crippen molar-refractivity contribution in [3.05, 3.63) is 99.0 Å². The molecule has 0 bridgehead atoms. The number of hydrogen-bond donors (Lipinski definition) is 2. The monoisotopic (exact) mass is 508 g/mol. The predicted molar refractivity (Wildman–Crippen MR) is 127 cm³/mol. The molecule has 2 amide bonds. The van der Waals surface area contributed by atoms with Crippen LogP contribution in [0.2, 0.25) is 15.1 Å². The Kier molecular flexibility index (Phi) is 7.58. The van der Waals surface area contributed by atoms with Crippen LogP contribution < -0.4 is 10.0 Å². The first-order valence-electron chi connectivity index (χ1n) is 9.00. The molecule has 0 unspecified atom stereocenters. The second-order valence-corrected chi connectivity index (χ2v) is 9.48. The van der Waals surface area contributed by atoms with Crippen LogP contribution in [0.4, 0.5) is 10.5 Å². The van der Waals surface area contributed by atoms with Crippen LogP contribution in [0.15, 0.2) is 77.7 Å². The summed E-state index contributed by atoms with van der Waals surface area (Å²) in [6.07, 6.45) is 2.96. The van der Waals surface area contributed by atoms with Crippen molar-refractivity contribution >= 4 is 68.4 Å². The molecule has 0 spiro atoms. The molecule has 0 atom stereocenters. The molecule has 6 nitrogen and oxygen atoms in total. The Morgan fingerprint density at radius 3 is 1.97 bits per heavy atom. The molecule has 0 saturated carbocycles. The first kappa shape index (κ1) is 23.8. The van der Waals surface area contributed by atoms with Crippen molar-refractivity contribution < 1.29 is 18.0 Å². The molecule has 3 aromatic rings. The first-order chi connectivity index (χ1) is 15.1. The molecule has 2 N–H and O–H groups in total. The minimum absolute atomic E-state index is 0.106. The van der Waals surface area contributed by atoms with Crippen LogP contribution in [0.25, 0.3) is 6.08 Å². The molecule has 3 aromatic carbocycles. The van der Waals surface area contributed by atoms with E-state index in [2.05, 4.69) is 5.32 Å². The summed E-state index contributed by atoms with van der Waals surface area (Å²) in [7, 11) is -4.06. The minimum Gasteiger partial charge on any atom is -0.307 e. The third-order valence-electron chi connectivity index (χ3n) is 4.09. The number of urea groups is 1. The fraction of sp³-hybridized carbons (Fsp3) is 0. The van der Waals surface area contributed by atoms with Crippen LogP contribution in [-0.2, 0) is 10.0 Å². The third kappa shape index (κ3) is 6.58. The zero-order valence-corrected chi connectivity index (χ0v) is 19.3. The van der Waals surface area contributed by atoms with Gasteiger partial charge in [0.1, 0.15) is 0 Å². The molecule has 0 aliphatic rings. The molecule has 0 aliphatic heterocycles. The normalized spacial score (nSPS) is 11.3. The number of sulfonamides is 1. The summed E-state index contributed by atoms with van der Waals surface area (Å²) >= 11 is 17.6. The zero-order valence-electron chi connectivity index (χ0n) is 16.2. The Morgan fingerprint density at radius 2 is 1.38 bits per heavy atom. The van der Waals surface area contributed by atoms with Crippen molar-refractivity contribution in [3.8, 4) is 0 Å². The van der Waals surface area contributed by atoms with Gasteiger partial charge in [0, 0.05) is 26.3 Å². The predicted octanol–water partition coefficient (Wildman–Crippen LogP) is 6.05. The Labute approximate surface area is 199 Å². The second kappa shape index (κ2) is 10.2. The van der Waals surface area contributed by atoms with Crippen molar-refractivity contribution in [1.29, 1.82) is 0 Å². The van der Waals surface area contributed by atoms with Gasteiger partial charge in [0.25, 0.3) is 10.0 Å². The zero-order chi connectivity index (χ0) is 23.3. The maximum absolute atomic E-state index is 12.3. The van der Waals surface area contributed by atoms with E-state index in [1.54, 1.807) is 24.3 Å². The largest absolute Gasteiger partial charge is 0.333 e. The van der Waals surface area contributed by atoms with E-state index in [0.29, 0.717) is 31.9 Å². The number of amides is 2. The lowest BCUT2D eigenvalue weighted by Gasteiger charge is -2.09. The molecule has 164 valence electrons. The molecule has 0 heterocycles. The lowest BCUT2D eigenvalue weighted by molar-refractivity contribution is 0.104. The molecule has 32 heavy (non-hydrogen) atoms. The van der Waals surface area contributed by atoms with Gasteiger partial charge in [-0.05, 0) is 78.4 Å². The highest BCUT2D eigenvalue weighted by Crippen LogP contribution is 2.20. The van der Waals surface area contributed by atoms with Crippen LogP contribution in [0.3, 0.4) is 0 Å². The van der Waals surface area contributed by atoms with Gasteiger partial charge in [-0.15, -0.1) is 0 Å². The van der Waals surface area contributed by atoms with Crippen molar-refractivity contribution in [2.75, 3.05) is 5.32 Å². The summed E-state index contributed by atoms with van der Waals surface area (Å²) in [6.45, 7) is 0. The maximum Gasteiger partial charge on any atom is 0.333 e. The quantitative estimate of drug-likeness (QED) is 0.312. The second-order valence-electron chi connectivity index (χ2n) is 6.49. The first-order valence-corrected chi connectivity index (χ1v) is 11.6. The molecule has 0 aliphatic carbocycles. The number of halogens is 3. The SMILES string of the molecule is O=C(Nc1ccc(C(=O)/C=C/c2cc(Cl)cc(Cl)c2)cc1)NS(=O)(=O)c1ccc(Cl)cc1. The average Bonchev–Trinajstić information content (AvgIpc) is 2.72. The number of carbonyl (C=O) groups excluding carboxylic acids is 2. The topological polar surface area (TPSA) is 92.3 Å². The van der Waals surface area contributed by atoms with E-state index in [1.165, 1.54) is 54.6 Å². The van der Waals surface area contributed by atoms with E-state index in [4.69, 9.17) is 34.8 Å². The number of nitrogens with one attached hydrogen (secondary N) is 2. The van der Waals surface area contributed by atoms with Gasteiger partial charge in [0.05, 0.1) is 4.90 Å². The van der Waals surface area contributed by atoms with Gasteiger partial charge in [0.15, 0.2) is 5.78 Å². The number of allylic oxidation sites excluding steroid dienone is 1. The Balaban J connectivity index is 1.62. The van der Waals surface area contributed by atoms with Crippen LogP contribution in [0.5, 0.6) is 0 Å². The fourth-order valence-electron chi connectivity index (χ4n) is 2.61. The van der Waals surface area contributed by atoms with Gasteiger partial charge < -0.3 is 5.32 Å². The van der Waals surface area contributed by atoms with E-state index >= 15 is 0 Å². The summed E-state index contributed by atoms with van der Waals surface area (Å²) < 4.78 is 26.4. The minimum atomic E-state index is -4.06. The van der Waals surface area contributed by atoms with Gasteiger partial charge in [-0.2, -0.15) is 0 Å². The Bertz CT molecular complexity index is 1270. The fourth-order valence-corrected chi connectivity index (χ4v) is 4.18. The Morgan fingerprint density at radius 1 is 0.781 bits per heavy atom. The molecular weight excluding hydrogens is 495 g/mol. The van der Waals surface area contributed by atoms with Crippen LogP contribution >= 0.6 is 34.8 Å². The summed E-state index contributed by atoms with van der Waals surface area (Å²) in [5.74, 6) is -0.276. The van der Waals surface area contributed by atoms with E-state index in [0.717, 1.165) is 0 Å². The summed E-state index contributed by atoms with van der Waals surface area (Å²) in [5, 5.41) is 3.68. The van der Waals surface area contributed by atoms with Gasteiger partial charge >= 0.3 is 6.03 Å². The highest BCUT2D eigenvalue weighted by molar-refractivity contribution is 7.90. The number of benzene rings is 3. The number of carbonyl (C=O) groups is 2. The summed E-state index contributed by atoms with van der Waals surface area (Å²) in [5.41, 5.74) is 1.35. The standard InChI is InChI=1S/C22H15Cl3N2O4S/c23-16-4-8-20(9-5-16)32(30,31)27-22(29)26-19-6-2-15(3-7-19)21(28)10-1-14-11-17(24)13-18(25)12-14/h1-13H,(H2,26,27,29)/b10-1+. The molecule has 0 fully saturated rings. The molecular formula is C22H15Cl3N2O4S. The number of hydrogen-bond acceptors (Lipinski definition) is 4. The van der Waals surface area contributed by atoms with Crippen molar-refractivity contribution in [2.45, 2.75) is 4.90 Å².